The number of hydrogen-bond donors (Lipinski definition) is 1. The number of carbonyl (C=O) groups excluding carboxylic acids is 1. The lowest BCUT2D eigenvalue weighted by Gasteiger charge is -2.22. The third-order valence-electron chi connectivity index (χ3n) is 5.00. The molecule has 0 saturated carbocycles. The van der Waals surface area contributed by atoms with E-state index in [2.05, 4.69) is 5.32 Å². The molecule has 0 spiro atoms. The summed E-state index contributed by atoms with van der Waals surface area (Å²) in [7, 11) is -3.83. The Hall–Kier alpha value is -2.68. The van der Waals surface area contributed by atoms with Gasteiger partial charge in [-0.2, -0.15) is 4.31 Å². The zero-order valence-electron chi connectivity index (χ0n) is 16.6. The number of thioether (sulfide) groups is 1. The van der Waals surface area contributed by atoms with Gasteiger partial charge in [-0.3, -0.25) is 4.79 Å². The molecule has 1 unspecified atom stereocenters. The lowest BCUT2D eigenvalue weighted by Crippen LogP contribution is -2.44. The van der Waals surface area contributed by atoms with Crippen LogP contribution in [0, 0.1) is 5.82 Å². The molecule has 160 valence electrons. The minimum absolute atomic E-state index is 0.132. The van der Waals surface area contributed by atoms with Crippen molar-refractivity contribution >= 4 is 27.7 Å². The van der Waals surface area contributed by atoms with Crippen molar-refractivity contribution in [1.29, 1.82) is 0 Å². The number of hydrogen-bond acceptors (Lipinski definition) is 4. The van der Waals surface area contributed by atoms with E-state index in [1.54, 1.807) is 36.4 Å². The molecule has 1 amide bonds. The number of halogens is 1. The quantitative estimate of drug-likeness (QED) is 0.612. The molecule has 31 heavy (non-hydrogen) atoms. The zero-order valence-corrected chi connectivity index (χ0v) is 18.2. The molecule has 1 saturated heterocycles. The summed E-state index contributed by atoms with van der Waals surface area (Å²) in [4.78, 5) is 12.8. The van der Waals surface area contributed by atoms with E-state index in [1.807, 2.05) is 30.3 Å². The van der Waals surface area contributed by atoms with Crippen LogP contribution < -0.4 is 5.32 Å². The van der Waals surface area contributed by atoms with Crippen molar-refractivity contribution < 1.29 is 17.6 Å². The van der Waals surface area contributed by atoms with Crippen molar-refractivity contribution in [2.24, 2.45) is 0 Å². The first-order valence-corrected chi connectivity index (χ1v) is 12.2. The molecule has 1 fully saturated rings. The van der Waals surface area contributed by atoms with E-state index in [0.29, 0.717) is 11.3 Å². The second-order valence-electron chi connectivity index (χ2n) is 7.08. The smallest absolute Gasteiger partial charge is 0.249 e. The second kappa shape index (κ2) is 9.21. The average molecular weight is 457 g/mol. The third kappa shape index (κ3) is 4.81. The minimum Gasteiger partial charge on any atom is -0.350 e. The highest BCUT2D eigenvalue weighted by Gasteiger charge is 2.40. The molecule has 1 heterocycles. The van der Waals surface area contributed by atoms with Crippen LogP contribution in [-0.2, 0) is 21.4 Å². The fraction of sp³-hybridized carbons (Fsp3) is 0.174. The molecular weight excluding hydrogens is 435 g/mol. The van der Waals surface area contributed by atoms with E-state index in [9.17, 15) is 17.6 Å². The van der Waals surface area contributed by atoms with Crippen LogP contribution in [0.25, 0.3) is 11.1 Å². The van der Waals surface area contributed by atoms with Crippen LogP contribution in [0.1, 0.15) is 5.56 Å². The molecule has 1 N–H and O–H groups in total. The SMILES string of the molecule is O=C(NCc1cccc(F)c1)C1SCCN1S(=O)(=O)c1ccc(-c2ccccc2)cc1. The van der Waals surface area contributed by atoms with Gasteiger partial charge < -0.3 is 5.32 Å². The Morgan fingerprint density at radius 1 is 1.00 bits per heavy atom. The highest BCUT2D eigenvalue weighted by atomic mass is 32.2. The predicted octanol–water partition coefficient (Wildman–Crippen LogP) is 3.87. The summed E-state index contributed by atoms with van der Waals surface area (Å²) >= 11 is 1.28. The largest absolute Gasteiger partial charge is 0.350 e. The van der Waals surface area contributed by atoms with Crippen LogP contribution in [0.15, 0.2) is 83.8 Å². The van der Waals surface area contributed by atoms with Crippen molar-refractivity contribution in [2.45, 2.75) is 16.8 Å². The monoisotopic (exact) mass is 456 g/mol. The van der Waals surface area contributed by atoms with E-state index in [0.717, 1.165) is 11.1 Å². The Morgan fingerprint density at radius 2 is 1.71 bits per heavy atom. The van der Waals surface area contributed by atoms with Gasteiger partial charge in [-0.25, -0.2) is 12.8 Å². The van der Waals surface area contributed by atoms with Gasteiger partial charge >= 0.3 is 0 Å². The van der Waals surface area contributed by atoms with Gasteiger partial charge in [-0.1, -0.05) is 54.6 Å². The maximum absolute atomic E-state index is 13.3. The molecule has 5 nitrogen and oxygen atoms in total. The Morgan fingerprint density at radius 3 is 2.42 bits per heavy atom. The van der Waals surface area contributed by atoms with E-state index in [-0.39, 0.29) is 23.8 Å². The van der Waals surface area contributed by atoms with Crippen molar-refractivity contribution in [3.8, 4) is 11.1 Å². The summed E-state index contributed by atoms with van der Waals surface area (Å²) < 4.78 is 41.0. The first kappa shape index (κ1) is 21.5. The van der Waals surface area contributed by atoms with Gasteiger partial charge in [0.1, 0.15) is 11.2 Å². The fourth-order valence-electron chi connectivity index (χ4n) is 3.42. The van der Waals surface area contributed by atoms with Crippen molar-refractivity contribution in [3.63, 3.8) is 0 Å². The number of sulfonamides is 1. The van der Waals surface area contributed by atoms with Crippen LogP contribution in [0.4, 0.5) is 4.39 Å². The topological polar surface area (TPSA) is 66.5 Å². The maximum atomic E-state index is 13.3. The van der Waals surface area contributed by atoms with Crippen molar-refractivity contribution in [1.82, 2.24) is 9.62 Å². The van der Waals surface area contributed by atoms with Gasteiger partial charge in [0, 0.05) is 18.8 Å². The molecule has 4 rings (SSSR count). The van der Waals surface area contributed by atoms with Gasteiger partial charge in [0.2, 0.25) is 15.9 Å². The lowest BCUT2D eigenvalue weighted by atomic mass is 10.1. The van der Waals surface area contributed by atoms with Gasteiger partial charge in [0.25, 0.3) is 0 Å². The van der Waals surface area contributed by atoms with Crippen LogP contribution in [0.2, 0.25) is 0 Å². The molecule has 0 aromatic heterocycles. The van der Waals surface area contributed by atoms with Crippen LogP contribution in [0.5, 0.6) is 0 Å². The van der Waals surface area contributed by atoms with E-state index in [4.69, 9.17) is 0 Å². The maximum Gasteiger partial charge on any atom is 0.249 e. The molecule has 0 radical (unpaired) electrons. The van der Waals surface area contributed by atoms with E-state index < -0.39 is 21.3 Å². The van der Waals surface area contributed by atoms with Crippen molar-refractivity contribution in [3.05, 3.63) is 90.2 Å². The Labute approximate surface area is 185 Å². The fourth-order valence-corrected chi connectivity index (χ4v) is 6.52. The van der Waals surface area contributed by atoms with Gasteiger partial charge in [-0.15, -0.1) is 11.8 Å². The van der Waals surface area contributed by atoms with Crippen molar-refractivity contribution in [2.75, 3.05) is 12.3 Å². The minimum atomic E-state index is -3.83. The Bertz CT molecular complexity index is 1170. The number of nitrogens with zero attached hydrogens (tertiary/aromatic N) is 1. The first-order chi connectivity index (χ1) is 14.9. The summed E-state index contributed by atoms with van der Waals surface area (Å²) in [5.74, 6) is -0.263. The zero-order chi connectivity index (χ0) is 21.8. The summed E-state index contributed by atoms with van der Waals surface area (Å²) in [6.45, 7) is 0.388. The van der Waals surface area contributed by atoms with Crippen LogP contribution >= 0.6 is 11.8 Å². The van der Waals surface area contributed by atoms with E-state index >= 15 is 0 Å². The number of amides is 1. The predicted molar refractivity (Wildman–Crippen MR) is 120 cm³/mol. The molecule has 3 aromatic rings. The van der Waals surface area contributed by atoms with Gasteiger partial charge in [-0.05, 0) is 41.0 Å². The standard InChI is InChI=1S/C23H21FN2O3S2/c24-20-8-4-5-17(15-20)16-25-22(27)23-26(13-14-30-23)31(28,29)21-11-9-19(10-12-21)18-6-2-1-3-7-18/h1-12,15,23H,13-14,16H2,(H,25,27). The highest BCUT2D eigenvalue weighted by Crippen LogP contribution is 2.31. The van der Waals surface area contributed by atoms with E-state index in [1.165, 1.54) is 28.2 Å². The summed E-state index contributed by atoms with van der Waals surface area (Å²) in [5, 5.41) is 1.87. The van der Waals surface area contributed by atoms with Crippen LogP contribution in [-0.4, -0.2) is 36.3 Å². The highest BCUT2D eigenvalue weighted by molar-refractivity contribution is 8.02. The van der Waals surface area contributed by atoms with Gasteiger partial charge in [0.15, 0.2) is 0 Å². The normalized spacial score (nSPS) is 16.9. The molecule has 1 aliphatic heterocycles. The second-order valence-corrected chi connectivity index (χ2v) is 10.2. The summed E-state index contributed by atoms with van der Waals surface area (Å²) in [6, 6.07) is 22.3. The molecule has 8 heteroatoms. The molecule has 1 aliphatic rings. The van der Waals surface area contributed by atoms with Gasteiger partial charge in [0.05, 0.1) is 4.90 Å². The van der Waals surface area contributed by atoms with Crippen LogP contribution in [0.3, 0.4) is 0 Å². The number of nitrogens with one attached hydrogen (secondary N) is 1. The molecular formula is C23H21FN2O3S2. The summed E-state index contributed by atoms with van der Waals surface area (Å²) in [5.41, 5.74) is 2.53. The number of rotatable bonds is 6. The molecule has 1 atom stereocenters. The average Bonchev–Trinajstić information content (AvgIpc) is 3.29. The molecule has 3 aromatic carbocycles. The Kier molecular flexibility index (Phi) is 6.41. The number of benzene rings is 3. The summed E-state index contributed by atoms with van der Waals surface area (Å²) in [6.07, 6.45) is 0. The Balaban J connectivity index is 1.48. The first-order valence-electron chi connectivity index (χ1n) is 9.76. The lowest BCUT2D eigenvalue weighted by molar-refractivity contribution is -0.122. The molecule has 0 bridgehead atoms. The molecule has 0 aliphatic carbocycles. The number of carbonyl (C=O) groups is 1. The third-order valence-corrected chi connectivity index (χ3v) is 8.21.